The van der Waals surface area contributed by atoms with Crippen LogP contribution in [-0.4, -0.2) is 65.1 Å². The first-order valence-corrected chi connectivity index (χ1v) is 9.86. The number of nitrogens with zero attached hydrogens (tertiary/aromatic N) is 4. The van der Waals surface area contributed by atoms with Gasteiger partial charge in [-0.2, -0.15) is 0 Å². The van der Waals surface area contributed by atoms with E-state index in [1.807, 2.05) is 6.07 Å². The van der Waals surface area contributed by atoms with E-state index < -0.39 is 0 Å². The molecule has 1 fully saturated rings. The van der Waals surface area contributed by atoms with Crippen molar-refractivity contribution >= 4 is 16.8 Å². The minimum atomic E-state index is -0.354. The summed E-state index contributed by atoms with van der Waals surface area (Å²) >= 11 is 0. The Kier molecular flexibility index (Phi) is 5.76. The van der Waals surface area contributed by atoms with Gasteiger partial charge in [-0.15, -0.1) is 0 Å². The van der Waals surface area contributed by atoms with Gasteiger partial charge in [-0.1, -0.05) is 6.07 Å². The molecule has 156 valence electrons. The predicted molar refractivity (Wildman–Crippen MR) is 111 cm³/mol. The van der Waals surface area contributed by atoms with Crippen LogP contribution in [0.4, 0.5) is 4.39 Å². The molecule has 1 amide bonds. The van der Waals surface area contributed by atoms with Crippen molar-refractivity contribution in [2.24, 2.45) is 0 Å². The smallest absolute Gasteiger partial charge is 0.265 e. The number of benzene rings is 2. The van der Waals surface area contributed by atoms with Gasteiger partial charge < -0.3 is 9.64 Å². The van der Waals surface area contributed by atoms with Crippen LogP contribution in [0.5, 0.6) is 5.75 Å². The normalized spacial score (nSPS) is 14.8. The van der Waals surface area contributed by atoms with Gasteiger partial charge >= 0.3 is 0 Å². The van der Waals surface area contributed by atoms with Gasteiger partial charge in [0.1, 0.15) is 17.0 Å². The van der Waals surface area contributed by atoms with Gasteiger partial charge in [-0.25, -0.2) is 9.37 Å². The second kappa shape index (κ2) is 8.62. The fraction of sp³-hybridized carbons (Fsp3) is 0.318. The Balaban J connectivity index is 1.37. The number of hydrogen-bond donors (Lipinski definition) is 0. The van der Waals surface area contributed by atoms with E-state index in [4.69, 9.17) is 4.74 Å². The predicted octanol–water partition coefficient (Wildman–Crippen LogP) is 2.00. The highest BCUT2D eigenvalue weighted by atomic mass is 19.1. The number of methoxy groups -OCH3 is 1. The van der Waals surface area contributed by atoms with Crippen molar-refractivity contribution in [1.29, 1.82) is 0 Å². The van der Waals surface area contributed by atoms with E-state index >= 15 is 0 Å². The zero-order valence-electron chi connectivity index (χ0n) is 16.8. The zero-order valence-corrected chi connectivity index (χ0v) is 16.8. The molecule has 0 spiro atoms. The van der Waals surface area contributed by atoms with E-state index in [1.54, 1.807) is 27.9 Å². The number of hydrogen-bond acceptors (Lipinski definition) is 5. The first-order chi connectivity index (χ1) is 14.6. The van der Waals surface area contributed by atoms with Crippen molar-refractivity contribution in [1.82, 2.24) is 19.4 Å². The molecule has 1 aliphatic heterocycles. The average molecular weight is 410 g/mol. The maximum Gasteiger partial charge on any atom is 0.265 e. The molecule has 0 radical (unpaired) electrons. The minimum Gasteiger partial charge on any atom is -0.496 e. The monoisotopic (exact) mass is 410 g/mol. The van der Waals surface area contributed by atoms with Crippen molar-refractivity contribution in [2.75, 3.05) is 39.8 Å². The molecule has 2 aromatic carbocycles. The maximum atomic E-state index is 13.1. The molecule has 1 aliphatic rings. The highest BCUT2D eigenvalue weighted by molar-refractivity contribution is 5.94. The Morgan fingerprint density at radius 2 is 1.80 bits per heavy atom. The molecular formula is C22H23FN4O3. The van der Waals surface area contributed by atoms with E-state index in [-0.39, 0.29) is 17.3 Å². The molecule has 30 heavy (non-hydrogen) atoms. The number of carbonyl (C=O) groups excluding carboxylic acids is 1. The lowest BCUT2D eigenvalue weighted by molar-refractivity contribution is 0.0633. The Morgan fingerprint density at radius 3 is 2.50 bits per heavy atom. The lowest BCUT2D eigenvalue weighted by atomic mass is 10.2. The first kappa shape index (κ1) is 20.0. The van der Waals surface area contributed by atoms with Crippen molar-refractivity contribution in [3.8, 4) is 5.75 Å². The number of halogens is 1. The van der Waals surface area contributed by atoms with E-state index in [0.717, 1.165) is 0 Å². The van der Waals surface area contributed by atoms with Crippen LogP contribution in [0.1, 0.15) is 10.4 Å². The third-order valence-electron chi connectivity index (χ3n) is 5.44. The Bertz CT molecular complexity index is 1110. The molecule has 1 aromatic heterocycles. The maximum absolute atomic E-state index is 13.1. The lowest BCUT2D eigenvalue weighted by Crippen LogP contribution is -2.49. The topological polar surface area (TPSA) is 67.7 Å². The highest BCUT2D eigenvalue weighted by Crippen LogP contribution is 2.19. The summed E-state index contributed by atoms with van der Waals surface area (Å²) in [5, 5.41) is 0.484. The molecule has 0 saturated carbocycles. The second-order valence-electron chi connectivity index (χ2n) is 7.24. The van der Waals surface area contributed by atoms with Crippen molar-refractivity contribution in [2.45, 2.75) is 6.54 Å². The van der Waals surface area contributed by atoms with Crippen LogP contribution in [-0.2, 0) is 6.54 Å². The van der Waals surface area contributed by atoms with Gasteiger partial charge in [0.25, 0.3) is 11.5 Å². The summed E-state index contributed by atoms with van der Waals surface area (Å²) in [7, 11) is 1.54. The van der Waals surface area contributed by atoms with Crippen molar-refractivity contribution in [3.05, 3.63) is 70.5 Å². The van der Waals surface area contributed by atoms with Gasteiger partial charge in [-0.3, -0.25) is 19.1 Å². The van der Waals surface area contributed by atoms with Gasteiger partial charge in [0.15, 0.2) is 0 Å². The van der Waals surface area contributed by atoms with Crippen LogP contribution >= 0.6 is 0 Å². The standard InChI is InChI=1S/C22H23FN4O3/c1-30-19-4-2-3-18-20(19)22(29)27(15-24-18)14-11-25-9-12-26(13-10-25)21(28)16-5-7-17(23)8-6-16/h2-8,15H,9-14H2,1H3. The van der Waals surface area contributed by atoms with Crippen LogP contribution in [0.15, 0.2) is 53.6 Å². The molecule has 2 heterocycles. The quantitative estimate of drug-likeness (QED) is 0.644. The summed E-state index contributed by atoms with van der Waals surface area (Å²) in [5.41, 5.74) is 0.985. The lowest BCUT2D eigenvalue weighted by Gasteiger charge is -2.34. The number of amides is 1. The fourth-order valence-corrected chi connectivity index (χ4v) is 3.70. The van der Waals surface area contributed by atoms with Gasteiger partial charge in [0.05, 0.1) is 19.0 Å². The Labute approximate surface area is 173 Å². The largest absolute Gasteiger partial charge is 0.496 e. The van der Waals surface area contributed by atoms with E-state index in [2.05, 4.69) is 9.88 Å². The molecule has 0 N–H and O–H groups in total. The summed E-state index contributed by atoms with van der Waals surface area (Å²) in [4.78, 5) is 33.8. The number of fused-ring (bicyclic) bond motifs is 1. The highest BCUT2D eigenvalue weighted by Gasteiger charge is 2.22. The average Bonchev–Trinajstić information content (AvgIpc) is 2.78. The Hall–Kier alpha value is -3.26. The minimum absolute atomic E-state index is 0.0864. The van der Waals surface area contributed by atoms with Gasteiger partial charge in [-0.05, 0) is 36.4 Å². The number of carbonyl (C=O) groups is 1. The van der Waals surface area contributed by atoms with Crippen LogP contribution in [0.25, 0.3) is 10.9 Å². The third-order valence-corrected chi connectivity index (χ3v) is 5.44. The zero-order chi connectivity index (χ0) is 21.1. The molecule has 7 nitrogen and oxygen atoms in total. The molecule has 4 rings (SSSR count). The molecule has 0 unspecified atom stereocenters. The first-order valence-electron chi connectivity index (χ1n) is 9.86. The van der Waals surface area contributed by atoms with Crippen molar-refractivity contribution in [3.63, 3.8) is 0 Å². The second-order valence-corrected chi connectivity index (χ2v) is 7.24. The van der Waals surface area contributed by atoms with E-state index in [1.165, 1.54) is 31.4 Å². The molecule has 0 aliphatic carbocycles. The summed E-state index contributed by atoms with van der Waals surface area (Å²) in [6.07, 6.45) is 1.57. The third kappa shape index (κ3) is 4.04. The molecule has 0 bridgehead atoms. The number of piperazine rings is 1. The van der Waals surface area contributed by atoms with Gasteiger partial charge in [0, 0.05) is 44.8 Å². The summed E-state index contributed by atoms with van der Waals surface area (Å²) < 4.78 is 20.0. The van der Waals surface area contributed by atoms with Crippen molar-refractivity contribution < 1.29 is 13.9 Å². The molecular weight excluding hydrogens is 387 g/mol. The fourth-order valence-electron chi connectivity index (χ4n) is 3.70. The summed E-state index contributed by atoms with van der Waals surface area (Å²) in [6, 6.07) is 11.0. The summed E-state index contributed by atoms with van der Waals surface area (Å²) in [5.74, 6) is 0.0800. The van der Waals surface area contributed by atoms with Crippen LogP contribution < -0.4 is 10.3 Å². The number of rotatable bonds is 5. The number of ether oxygens (including phenoxy) is 1. The van der Waals surface area contributed by atoms with Crippen LogP contribution in [0, 0.1) is 5.82 Å². The van der Waals surface area contributed by atoms with Gasteiger partial charge in [0.2, 0.25) is 0 Å². The Morgan fingerprint density at radius 1 is 1.07 bits per heavy atom. The number of aromatic nitrogens is 2. The molecule has 8 heteroatoms. The van der Waals surface area contributed by atoms with Crippen LogP contribution in [0.3, 0.4) is 0 Å². The molecule has 1 saturated heterocycles. The van der Waals surface area contributed by atoms with Crippen LogP contribution in [0.2, 0.25) is 0 Å². The molecule has 0 atom stereocenters. The molecule has 3 aromatic rings. The van der Waals surface area contributed by atoms with E-state index in [0.29, 0.717) is 61.5 Å². The van der Waals surface area contributed by atoms with E-state index in [9.17, 15) is 14.0 Å². The summed E-state index contributed by atoms with van der Waals surface area (Å²) in [6.45, 7) is 3.80. The SMILES string of the molecule is COc1cccc2ncn(CCN3CCN(C(=O)c4ccc(F)cc4)CC3)c(=O)c12.